The van der Waals surface area contributed by atoms with Gasteiger partial charge in [-0.15, -0.1) is 0 Å². The molecule has 0 fully saturated rings. The minimum absolute atomic E-state index is 0.0133. The van der Waals surface area contributed by atoms with Gasteiger partial charge < -0.3 is 5.32 Å². The minimum atomic E-state index is -0.0133. The molecule has 0 aromatic carbocycles. The fourth-order valence-electron chi connectivity index (χ4n) is 1.82. The van der Waals surface area contributed by atoms with Gasteiger partial charge in [0.25, 0.3) is 5.56 Å². The van der Waals surface area contributed by atoms with Crippen molar-refractivity contribution in [2.24, 2.45) is 7.05 Å². The maximum Gasteiger partial charge on any atom is 0.254 e. The zero-order valence-electron chi connectivity index (χ0n) is 13.3. The van der Waals surface area contributed by atoms with Crippen LogP contribution in [0.3, 0.4) is 0 Å². The van der Waals surface area contributed by atoms with E-state index >= 15 is 0 Å². The molecular weight excluding hydrogens is 286 g/mol. The number of unbranched alkanes of at least 4 members (excludes halogenated alkanes) is 1. The van der Waals surface area contributed by atoms with Crippen LogP contribution in [0.5, 0.6) is 0 Å². The molecular formula is C15H25N3O2S. The Morgan fingerprint density at radius 2 is 2.14 bits per heavy atom. The van der Waals surface area contributed by atoms with E-state index in [0.717, 1.165) is 35.9 Å². The van der Waals surface area contributed by atoms with Gasteiger partial charge in [0.1, 0.15) is 0 Å². The van der Waals surface area contributed by atoms with Gasteiger partial charge in [-0.2, -0.15) is 0 Å². The molecule has 0 bridgehead atoms. The van der Waals surface area contributed by atoms with E-state index in [1.54, 1.807) is 29.4 Å². The molecule has 1 heterocycles. The summed E-state index contributed by atoms with van der Waals surface area (Å²) in [7, 11) is 1.74. The summed E-state index contributed by atoms with van der Waals surface area (Å²) < 4.78 is 1.58. The van der Waals surface area contributed by atoms with Crippen LogP contribution in [0.25, 0.3) is 0 Å². The number of aryl methyl sites for hydroxylation is 1. The number of hydrogen-bond donors (Lipinski definition) is 1. The molecule has 6 heteroatoms. The van der Waals surface area contributed by atoms with Crippen LogP contribution < -0.4 is 10.9 Å². The number of carbonyl (C=O) groups excluding carboxylic acids is 1. The molecule has 0 radical (unpaired) electrons. The van der Waals surface area contributed by atoms with Crippen molar-refractivity contribution < 1.29 is 4.79 Å². The maximum atomic E-state index is 11.8. The Hall–Kier alpha value is -1.30. The SMILES string of the molecule is CCc1cc(=O)n(C)c(SCCCCC(=O)NC(C)C)n1. The van der Waals surface area contributed by atoms with Crippen LogP contribution in [0.2, 0.25) is 0 Å². The molecule has 5 nitrogen and oxygen atoms in total. The Morgan fingerprint density at radius 1 is 1.43 bits per heavy atom. The monoisotopic (exact) mass is 311 g/mol. The fourth-order valence-corrected chi connectivity index (χ4v) is 2.82. The molecule has 118 valence electrons. The first-order valence-electron chi connectivity index (χ1n) is 7.43. The Kier molecular flexibility index (Phi) is 7.50. The molecule has 0 unspecified atom stereocenters. The van der Waals surface area contributed by atoms with Gasteiger partial charge in [-0.3, -0.25) is 14.2 Å². The van der Waals surface area contributed by atoms with Crippen molar-refractivity contribution in [3.63, 3.8) is 0 Å². The highest BCUT2D eigenvalue weighted by Crippen LogP contribution is 2.16. The molecule has 1 amide bonds. The van der Waals surface area contributed by atoms with Crippen molar-refractivity contribution in [1.82, 2.24) is 14.9 Å². The predicted molar refractivity (Wildman–Crippen MR) is 86.7 cm³/mol. The number of hydrogen-bond acceptors (Lipinski definition) is 4. The summed E-state index contributed by atoms with van der Waals surface area (Å²) >= 11 is 1.58. The average molecular weight is 311 g/mol. The molecule has 0 aliphatic rings. The van der Waals surface area contributed by atoms with Crippen molar-refractivity contribution >= 4 is 17.7 Å². The summed E-state index contributed by atoms with van der Waals surface area (Å²) in [4.78, 5) is 27.7. The molecule has 0 saturated heterocycles. The van der Waals surface area contributed by atoms with E-state index < -0.39 is 0 Å². The van der Waals surface area contributed by atoms with E-state index in [1.807, 2.05) is 20.8 Å². The molecule has 0 aliphatic heterocycles. The minimum Gasteiger partial charge on any atom is -0.354 e. The predicted octanol–water partition coefficient (Wildman–Crippen LogP) is 2.13. The Balaban J connectivity index is 2.38. The molecule has 1 aromatic rings. The first-order valence-corrected chi connectivity index (χ1v) is 8.41. The van der Waals surface area contributed by atoms with E-state index in [4.69, 9.17) is 0 Å². The zero-order chi connectivity index (χ0) is 15.8. The van der Waals surface area contributed by atoms with Crippen LogP contribution in [0.15, 0.2) is 16.0 Å². The summed E-state index contributed by atoms with van der Waals surface area (Å²) in [5.41, 5.74) is 0.817. The van der Waals surface area contributed by atoms with Crippen LogP contribution in [-0.2, 0) is 18.3 Å². The van der Waals surface area contributed by atoms with E-state index in [1.165, 1.54) is 0 Å². The van der Waals surface area contributed by atoms with Gasteiger partial charge in [0.2, 0.25) is 5.91 Å². The number of aromatic nitrogens is 2. The summed E-state index contributed by atoms with van der Waals surface area (Å²) in [5.74, 6) is 0.969. The second kappa shape index (κ2) is 8.87. The fraction of sp³-hybridized carbons (Fsp3) is 0.667. The van der Waals surface area contributed by atoms with E-state index in [2.05, 4.69) is 10.3 Å². The van der Waals surface area contributed by atoms with E-state index in [0.29, 0.717) is 6.42 Å². The first-order chi connectivity index (χ1) is 9.93. The molecule has 1 aromatic heterocycles. The van der Waals surface area contributed by atoms with Crippen molar-refractivity contribution in [3.05, 3.63) is 22.1 Å². The number of amides is 1. The van der Waals surface area contributed by atoms with Crippen LogP contribution in [0.1, 0.15) is 45.7 Å². The maximum absolute atomic E-state index is 11.8. The third-order valence-electron chi connectivity index (χ3n) is 2.99. The zero-order valence-corrected chi connectivity index (χ0v) is 14.1. The number of nitrogens with one attached hydrogen (secondary N) is 1. The van der Waals surface area contributed by atoms with Crippen molar-refractivity contribution in [2.45, 2.75) is 57.7 Å². The van der Waals surface area contributed by atoms with Crippen molar-refractivity contribution in [3.8, 4) is 0 Å². The van der Waals surface area contributed by atoms with Gasteiger partial charge in [0, 0.05) is 37.0 Å². The molecule has 0 atom stereocenters. The van der Waals surface area contributed by atoms with Gasteiger partial charge in [-0.05, 0) is 33.1 Å². The third-order valence-corrected chi connectivity index (χ3v) is 4.10. The standard InChI is InChI=1S/C15H25N3O2S/c1-5-12-10-14(20)18(4)15(17-12)21-9-7-6-8-13(19)16-11(2)3/h10-11H,5-9H2,1-4H3,(H,16,19). The summed E-state index contributed by atoms with van der Waals surface area (Å²) in [5, 5.41) is 3.64. The van der Waals surface area contributed by atoms with E-state index in [9.17, 15) is 9.59 Å². The lowest BCUT2D eigenvalue weighted by molar-refractivity contribution is -0.121. The Labute approximate surface area is 130 Å². The number of thioether (sulfide) groups is 1. The lowest BCUT2D eigenvalue weighted by Crippen LogP contribution is -2.29. The average Bonchev–Trinajstić information content (AvgIpc) is 2.41. The normalized spacial score (nSPS) is 10.9. The Morgan fingerprint density at radius 3 is 2.76 bits per heavy atom. The van der Waals surface area contributed by atoms with Crippen LogP contribution in [0, 0.1) is 0 Å². The lowest BCUT2D eigenvalue weighted by atomic mass is 10.2. The van der Waals surface area contributed by atoms with Crippen LogP contribution >= 0.6 is 11.8 Å². The van der Waals surface area contributed by atoms with Gasteiger partial charge in [-0.25, -0.2) is 4.98 Å². The highest BCUT2D eigenvalue weighted by atomic mass is 32.2. The van der Waals surface area contributed by atoms with Gasteiger partial charge in [0.05, 0.1) is 0 Å². The van der Waals surface area contributed by atoms with E-state index in [-0.39, 0.29) is 17.5 Å². The number of rotatable bonds is 8. The number of nitrogens with zero attached hydrogens (tertiary/aromatic N) is 2. The van der Waals surface area contributed by atoms with Crippen LogP contribution in [0.4, 0.5) is 0 Å². The molecule has 21 heavy (non-hydrogen) atoms. The smallest absolute Gasteiger partial charge is 0.254 e. The summed E-state index contributed by atoms with van der Waals surface area (Å²) in [6.45, 7) is 5.91. The Bertz CT molecular complexity index is 526. The third kappa shape index (κ3) is 6.33. The highest BCUT2D eigenvalue weighted by molar-refractivity contribution is 7.99. The highest BCUT2D eigenvalue weighted by Gasteiger charge is 2.06. The van der Waals surface area contributed by atoms with Crippen molar-refractivity contribution in [1.29, 1.82) is 0 Å². The first kappa shape index (κ1) is 17.8. The van der Waals surface area contributed by atoms with Crippen LogP contribution in [-0.4, -0.2) is 27.3 Å². The topological polar surface area (TPSA) is 64.0 Å². The molecule has 1 rings (SSSR count). The second-order valence-electron chi connectivity index (χ2n) is 5.31. The summed E-state index contributed by atoms with van der Waals surface area (Å²) in [6, 6.07) is 1.78. The quantitative estimate of drug-likeness (QED) is 0.454. The molecule has 0 saturated carbocycles. The van der Waals surface area contributed by atoms with Gasteiger partial charge in [-0.1, -0.05) is 18.7 Å². The van der Waals surface area contributed by atoms with Gasteiger partial charge in [0.15, 0.2) is 5.16 Å². The largest absolute Gasteiger partial charge is 0.354 e. The molecule has 0 spiro atoms. The number of carbonyl (C=O) groups is 1. The second-order valence-corrected chi connectivity index (χ2v) is 6.37. The lowest BCUT2D eigenvalue weighted by Gasteiger charge is -2.09. The van der Waals surface area contributed by atoms with Crippen molar-refractivity contribution in [2.75, 3.05) is 5.75 Å². The molecule has 0 aliphatic carbocycles. The molecule has 1 N–H and O–H groups in total. The summed E-state index contributed by atoms with van der Waals surface area (Å²) in [6.07, 6.45) is 3.11. The van der Waals surface area contributed by atoms with Gasteiger partial charge >= 0.3 is 0 Å².